The van der Waals surface area contributed by atoms with Gasteiger partial charge in [0.15, 0.2) is 5.13 Å². The van der Waals surface area contributed by atoms with Crippen molar-refractivity contribution in [2.75, 3.05) is 17.6 Å². The Hall–Kier alpha value is -1.60. The number of anilines is 2. The van der Waals surface area contributed by atoms with Crippen LogP contribution in [-0.2, 0) is 0 Å². The molecular formula is C14H20N4OS2. The summed E-state index contributed by atoms with van der Waals surface area (Å²) in [4.78, 5) is 18.2. The molecule has 2 rings (SSSR count). The van der Waals surface area contributed by atoms with Gasteiger partial charge in [-0.2, -0.15) is 0 Å². The molecule has 0 spiro atoms. The number of thiophene rings is 1. The third kappa shape index (κ3) is 3.74. The second-order valence-electron chi connectivity index (χ2n) is 4.97. The van der Waals surface area contributed by atoms with Crippen LogP contribution < -0.4 is 16.4 Å². The Morgan fingerprint density at radius 3 is 2.81 bits per heavy atom. The minimum absolute atomic E-state index is 0.0124. The van der Waals surface area contributed by atoms with Crippen LogP contribution in [0.25, 0.3) is 0 Å². The molecule has 0 aliphatic heterocycles. The van der Waals surface area contributed by atoms with E-state index in [0.29, 0.717) is 15.9 Å². The number of nitrogens with zero attached hydrogens (tertiary/aromatic N) is 1. The highest BCUT2D eigenvalue weighted by atomic mass is 32.1. The van der Waals surface area contributed by atoms with Gasteiger partial charge in [0, 0.05) is 11.4 Å². The van der Waals surface area contributed by atoms with E-state index in [4.69, 9.17) is 5.73 Å². The third-order valence-corrected chi connectivity index (χ3v) is 4.97. The Bertz CT molecular complexity index is 592. The number of nitrogens with two attached hydrogens (primary N) is 1. The first-order valence-corrected chi connectivity index (χ1v) is 8.57. The fourth-order valence-electron chi connectivity index (χ4n) is 1.96. The summed E-state index contributed by atoms with van der Waals surface area (Å²) < 4.78 is 0. The van der Waals surface area contributed by atoms with Crippen molar-refractivity contribution >= 4 is 39.5 Å². The molecule has 1 atom stereocenters. The number of aromatic nitrogens is 1. The Balaban J connectivity index is 2.16. The molecule has 1 amide bonds. The molecule has 2 aromatic rings. The van der Waals surface area contributed by atoms with Gasteiger partial charge in [-0.3, -0.25) is 4.79 Å². The highest BCUT2D eigenvalue weighted by Crippen LogP contribution is 2.29. The smallest absolute Gasteiger partial charge is 0.265 e. The molecule has 21 heavy (non-hydrogen) atoms. The van der Waals surface area contributed by atoms with Gasteiger partial charge in [0.2, 0.25) is 0 Å². The van der Waals surface area contributed by atoms with Crippen LogP contribution in [-0.4, -0.2) is 17.4 Å². The molecule has 0 fully saturated rings. The van der Waals surface area contributed by atoms with E-state index < -0.39 is 0 Å². The lowest BCUT2D eigenvalue weighted by Crippen LogP contribution is -2.31. The van der Waals surface area contributed by atoms with E-state index in [1.165, 1.54) is 11.3 Å². The summed E-state index contributed by atoms with van der Waals surface area (Å²) in [5, 5.41) is 8.84. The largest absolute Gasteiger partial charge is 0.382 e. The van der Waals surface area contributed by atoms with Crippen LogP contribution in [0.2, 0.25) is 0 Å². The number of rotatable bonds is 6. The SMILES string of the molecule is CCNc1nc(N)c(C(=O)NC(c2cccs2)C(C)C)s1. The van der Waals surface area contributed by atoms with Crippen molar-refractivity contribution in [2.45, 2.75) is 26.8 Å². The first kappa shape index (κ1) is 15.8. The molecule has 4 N–H and O–H groups in total. The number of hydrogen-bond acceptors (Lipinski definition) is 6. The number of carbonyl (C=O) groups is 1. The molecule has 0 saturated heterocycles. The Kier molecular flexibility index (Phi) is 5.19. The predicted octanol–water partition coefficient (Wildman–Crippen LogP) is 3.35. The summed E-state index contributed by atoms with van der Waals surface area (Å²) in [5.74, 6) is 0.415. The summed E-state index contributed by atoms with van der Waals surface area (Å²) in [6.07, 6.45) is 0. The third-order valence-electron chi connectivity index (χ3n) is 2.99. The standard InChI is InChI=1S/C14H20N4OS2/c1-4-16-14-18-12(15)11(21-14)13(19)17-10(8(2)3)9-6-5-7-20-9/h5-8,10H,4,15H2,1-3H3,(H,16,18)(H,17,19). The number of thiazole rings is 1. The Morgan fingerprint density at radius 2 is 2.24 bits per heavy atom. The molecule has 0 aliphatic rings. The van der Waals surface area contributed by atoms with Crippen molar-refractivity contribution in [1.82, 2.24) is 10.3 Å². The molecule has 0 aromatic carbocycles. The maximum absolute atomic E-state index is 12.4. The quantitative estimate of drug-likeness (QED) is 0.761. The van der Waals surface area contributed by atoms with E-state index >= 15 is 0 Å². The van der Waals surface area contributed by atoms with Crippen molar-refractivity contribution < 1.29 is 4.79 Å². The average molecular weight is 324 g/mol. The van der Waals surface area contributed by atoms with Crippen molar-refractivity contribution in [3.8, 4) is 0 Å². The molecule has 2 aromatic heterocycles. The zero-order valence-electron chi connectivity index (χ0n) is 12.3. The predicted molar refractivity (Wildman–Crippen MR) is 90.1 cm³/mol. The monoisotopic (exact) mass is 324 g/mol. The zero-order valence-corrected chi connectivity index (χ0v) is 14.0. The van der Waals surface area contributed by atoms with Gasteiger partial charge in [-0.05, 0) is 24.3 Å². The lowest BCUT2D eigenvalue weighted by molar-refractivity contribution is 0.0931. The Labute approximate surface area is 132 Å². The molecule has 0 radical (unpaired) electrons. The van der Waals surface area contributed by atoms with E-state index in [2.05, 4.69) is 29.5 Å². The van der Waals surface area contributed by atoms with Crippen LogP contribution in [0, 0.1) is 5.92 Å². The van der Waals surface area contributed by atoms with E-state index in [1.54, 1.807) is 11.3 Å². The minimum atomic E-state index is -0.166. The highest BCUT2D eigenvalue weighted by molar-refractivity contribution is 7.18. The maximum Gasteiger partial charge on any atom is 0.265 e. The van der Waals surface area contributed by atoms with Gasteiger partial charge >= 0.3 is 0 Å². The van der Waals surface area contributed by atoms with Gasteiger partial charge in [-0.25, -0.2) is 4.98 Å². The van der Waals surface area contributed by atoms with Gasteiger partial charge in [-0.1, -0.05) is 31.3 Å². The number of amides is 1. The first-order valence-electron chi connectivity index (χ1n) is 6.87. The summed E-state index contributed by atoms with van der Waals surface area (Å²) >= 11 is 2.93. The van der Waals surface area contributed by atoms with Gasteiger partial charge in [0.25, 0.3) is 5.91 Å². The fourth-order valence-corrected chi connectivity index (χ4v) is 3.77. The molecule has 114 valence electrons. The normalized spacial score (nSPS) is 12.4. The molecular weight excluding hydrogens is 304 g/mol. The van der Waals surface area contributed by atoms with Gasteiger partial charge in [-0.15, -0.1) is 11.3 Å². The Morgan fingerprint density at radius 1 is 1.48 bits per heavy atom. The van der Waals surface area contributed by atoms with Gasteiger partial charge in [0.05, 0.1) is 6.04 Å². The summed E-state index contributed by atoms with van der Waals surface area (Å²) in [7, 11) is 0. The number of nitrogen functional groups attached to an aromatic ring is 1. The molecule has 7 heteroatoms. The average Bonchev–Trinajstić information content (AvgIpc) is 3.05. The molecule has 0 saturated carbocycles. The van der Waals surface area contributed by atoms with Crippen LogP contribution >= 0.6 is 22.7 Å². The van der Waals surface area contributed by atoms with Crippen molar-refractivity contribution in [2.24, 2.45) is 5.92 Å². The van der Waals surface area contributed by atoms with E-state index in [-0.39, 0.29) is 17.8 Å². The topological polar surface area (TPSA) is 80.0 Å². The molecule has 2 heterocycles. The van der Waals surface area contributed by atoms with E-state index in [0.717, 1.165) is 11.4 Å². The van der Waals surface area contributed by atoms with E-state index in [1.807, 2.05) is 24.4 Å². The maximum atomic E-state index is 12.4. The van der Waals surface area contributed by atoms with Crippen LogP contribution in [0.3, 0.4) is 0 Å². The first-order chi connectivity index (χ1) is 10.0. The van der Waals surface area contributed by atoms with Crippen molar-refractivity contribution in [3.05, 3.63) is 27.3 Å². The van der Waals surface area contributed by atoms with Crippen LogP contribution in [0.1, 0.15) is 41.4 Å². The minimum Gasteiger partial charge on any atom is -0.382 e. The lowest BCUT2D eigenvalue weighted by Gasteiger charge is -2.20. The van der Waals surface area contributed by atoms with Crippen molar-refractivity contribution in [3.63, 3.8) is 0 Å². The van der Waals surface area contributed by atoms with Gasteiger partial charge < -0.3 is 16.4 Å². The number of carbonyl (C=O) groups excluding carboxylic acids is 1. The number of hydrogen-bond donors (Lipinski definition) is 3. The zero-order chi connectivity index (χ0) is 15.4. The van der Waals surface area contributed by atoms with Crippen LogP contribution in [0.5, 0.6) is 0 Å². The summed E-state index contributed by atoms with van der Waals surface area (Å²) in [6.45, 7) is 6.90. The summed E-state index contributed by atoms with van der Waals surface area (Å²) in [5.41, 5.74) is 5.84. The highest BCUT2D eigenvalue weighted by Gasteiger charge is 2.23. The van der Waals surface area contributed by atoms with Crippen LogP contribution in [0.4, 0.5) is 10.9 Å². The molecule has 0 aliphatic carbocycles. The molecule has 1 unspecified atom stereocenters. The second kappa shape index (κ2) is 6.91. The van der Waals surface area contributed by atoms with Gasteiger partial charge in [0.1, 0.15) is 10.7 Å². The molecule has 5 nitrogen and oxygen atoms in total. The summed E-state index contributed by atoms with van der Waals surface area (Å²) in [6, 6.07) is 4.02. The second-order valence-corrected chi connectivity index (χ2v) is 6.95. The van der Waals surface area contributed by atoms with E-state index in [9.17, 15) is 4.79 Å². The fraction of sp³-hybridized carbons (Fsp3) is 0.429. The number of nitrogens with one attached hydrogen (secondary N) is 2. The van der Waals surface area contributed by atoms with Crippen molar-refractivity contribution in [1.29, 1.82) is 0 Å². The molecule has 0 bridgehead atoms. The lowest BCUT2D eigenvalue weighted by atomic mass is 10.0. The van der Waals surface area contributed by atoms with Crippen LogP contribution in [0.15, 0.2) is 17.5 Å².